The number of nitrogens with zero attached hydrogens (tertiary/aromatic N) is 1. The summed E-state index contributed by atoms with van der Waals surface area (Å²) >= 11 is 3.23. The first-order chi connectivity index (χ1) is 9.36. The highest BCUT2D eigenvalue weighted by molar-refractivity contribution is 7.99. The summed E-state index contributed by atoms with van der Waals surface area (Å²) in [7, 11) is 0. The van der Waals surface area contributed by atoms with Crippen molar-refractivity contribution in [3.8, 4) is 0 Å². The molecular weight excluding hydrogens is 288 g/mol. The van der Waals surface area contributed by atoms with Gasteiger partial charge in [0.25, 0.3) is 0 Å². The Balaban J connectivity index is 2.39. The minimum atomic E-state index is -0.00469. The standard InChI is InChI=1S/C15H24N2OS2/c1-8(2)12(18)13-11(16)14(19-5)15(20-13)17-6-9(3)10(4)7-17/h8-10H,6-7,16H2,1-5H3. The second-order valence-electron chi connectivity index (χ2n) is 6.06. The molecule has 2 rings (SSSR count). The molecular formula is C15H24N2OS2. The fourth-order valence-electron chi connectivity index (χ4n) is 2.56. The number of anilines is 2. The number of ketones is 1. The maximum Gasteiger partial charge on any atom is 0.177 e. The molecule has 1 aromatic heterocycles. The van der Waals surface area contributed by atoms with Crippen LogP contribution in [0.3, 0.4) is 0 Å². The zero-order valence-electron chi connectivity index (χ0n) is 12.9. The van der Waals surface area contributed by atoms with Crippen LogP contribution in [-0.2, 0) is 0 Å². The van der Waals surface area contributed by atoms with Crippen LogP contribution in [0.5, 0.6) is 0 Å². The third kappa shape index (κ3) is 2.70. The molecule has 1 aliphatic rings. The van der Waals surface area contributed by atoms with Crippen molar-refractivity contribution in [1.82, 2.24) is 0 Å². The Kier molecular flexibility index (Phi) is 4.69. The fourth-order valence-corrected chi connectivity index (χ4v) is 4.85. The molecule has 2 atom stereocenters. The van der Waals surface area contributed by atoms with Gasteiger partial charge in [-0.2, -0.15) is 0 Å². The van der Waals surface area contributed by atoms with E-state index in [-0.39, 0.29) is 11.7 Å². The van der Waals surface area contributed by atoms with Crippen molar-refractivity contribution in [2.75, 3.05) is 30.0 Å². The Hall–Kier alpha value is -0.680. The van der Waals surface area contributed by atoms with Gasteiger partial charge in [-0.15, -0.1) is 23.1 Å². The van der Waals surface area contributed by atoms with E-state index in [0.717, 1.165) is 22.9 Å². The minimum absolute atomic E-state index is 0.00469. The molecule has 1 saturated heterocycles. The Morgan fingerprint density at radius 1 is 1.35 bits per heavy atom. The molecule has 0 saturated carbocycles. The van der Waals surface area contributed by atoms with Crippen LogP contribution in [0, 0.1) is 17.8 Å². The van der Waals surface area contributed by atoms with E-state index in [4.69, 9.17) is 5.73 Å². The normalized spacial score (nSPS) is 22.8. The zero-order valence-corrected chi connectivity index (χ0v) is 14.5. The van der Waals surface area contributed by atoms with Crippen LogP contribution in [0.4, 0.5) is 10.7 Å². The van der Waals surface area contributed by atoms with E-state index < -0.39 is 0 Å². The summed E-state index contributed by atoms with van der Waals surface area (Å²) in [5.74, 6) is 1.54. The van der Waals surface area contributed by atoms with Gasteiger partial charge < -0.3 is 10.6 Å². The highest BCUT2D eigenvalue weighted by atomic mass is 32.2. The van der Waals surface area contributed by atoms with Gasteiger partial charge >= 0.3 is 0 Å². The monoisotopic (exact) mass is 312 g/mol. The Morgan fingerprint density at radius 3 is 2.35 bits per heavy atom. The number of rotatable bonds is 4. The molecule has 1 aromatic rings. The largest absolute Gasteiger partial charge is 0.396 e. The topological polar surface area (TPSA) is 46.3 Å². The highest BCUT2D eigenvalue weighted by Gasteiger charge is 2.31. The van der Waals surface area contributed by atoms with E-state index in [0.29, 0.717) is 17.5 Å². The Bertz CT molecular complexity index is 500. The van der Waals surface area contributed by atoms with Gasteiger partial charge in [-0.1, -0.05) is 27.7 Å². The number of carbonyl (C=O) groups is 1. The van der Waals surface area contributed by atoms with Gasteiger partial charge in [-0.3, -0.25) is 4.79 Å². The van der Waals surface area contributed by atoms with E-state index in [9.17, 15) is 4.79 Å². The van der Waals surface area contributed by atoms with Crippen LogP contribution in [-0.4, -0.2) is 25.1 Å². The Morgan fingerprint density at radius 2 is 1.90 bits per heavy atom. The fraction of sp³-hybridized carbons (Fsp3) is 0.667. The van der Waals surface area contributed by atoms with Crippen molar-refractivity contribution >= 4 is 39.6 Å². The van der Waals surface area contributed by atoms with E-state index in [2.05, 4.69) is 18.7 Å². The molecule has 5 heteroatoms. The summed E-state index contributed by atoms with van der Waals surface area (Å²) in [6.07, 6.45) is 2.04. The van der Waals surface area contributed by atoms with Crippen LogP contribution < -0.4 is 10.6 Å². The van der Waals surface area contributed by atoms with Crippen LogP contribution in [0.2, 0.25) is 0 Å². The number of hydrogen-bond donors (Lipinski definition) is 1. The minimum Gasteiger partial charge on any atom is -0.396 e. The van der Waals surface area contributed by atoms with E-state index in [1.54, 1.807) is 23.1 Å². The summed E-state index contributed by atoms with van der Waals surface area (Å²) in [4.78, 5) is 16.5. The quantitative estimate of drug-likeness (QED) is 0.674. The molecule has 2 heterocycles. The smallest absolute Gasteiger partial charge is 0.177 e. The number of carbonyl (C=O) groups excluding carboxylic acids is 1. The molecule has 0 spiro atoms. The molecule has 3 nitrogen and oxygen atoms in total. The maximum absolute atomic E-state index is 12.3. The average Bonchev–Trinajstić information content (AvgIpc) is 2.89. The second kappa shape index (κ2) is 5.98. The van der Waals surface area contributed by atoms with Gasteiger partial charge in [0, 0.05) is 19.0 Å². The van der Waals surface area contributed by atoms with Crippen molar-refractivity contribution in [2.45, 2.75) is 32.6 Å². The predicted molar refractivity (Wildman–Crippen MR) is 90.2 cm³/mol. The number of nitrogen functional groups attached to an aromatic ring is 1. The summed E-state index contributed by atoms with van der Waals surface area (Å²) in [6, 6.07) is 0. The molecule has 0 amide bonds. The zero-order chi connectivity index (χ0) is 15.0. The lowest BCUT2D eigenvalue weighted by atomic mass is 10.0. The summed E-state index contributed by atoms with van der Waals surface area (Å²) < 4.78 is 0. The molecule has 2 unspecified atom stereocenters. The van der Waals surface area contributed by atoms with Crippen LogP contribution in [0.1, 0.15) is 37.4 Å². The predicted octanol–water partition coefficient (Wildman–Crippen LogP) is 3.98. The third-order valence-electron chi connectivity index (χ3n) is 4.11. The molecule has 1 fully saturated rings. The Labute approximate surface area is 129 Å². The van der Waals surface area contributed by atoms with Gasteiger partial charge in [-0.05, 0) is 18.1 Å². The van der Waals surface area contributed by atoms with Crippen LogP contribution in [0.25, 0.3) is 0 Å². The first-order valence-electron chi connectivity index (χ1n) is 7.12. The highest BCUT2D eigenvalue weighted by Crippen LogP contribution is 2.46. The number of nitrogens with two attached hydrogens (primary N) is 1. The average molecular weight is 313 g/mol. The van der Waals surface area contributed by atoms with Gasteiger partial charge in [-0.25, -0.2) is 0 Å². The maximum atomic E-state index is 12.3. The number of hydrogen-bond acceptors (Lipinski definition) is 5. The lowest BCUT2D eigenvalue weighted by molar-refractivity contribution is 0.0944. The molecule has 0 bridgehead atoms. The van der Waals surface area contributed by atoms with E-state index in [1.165, 1.54) is 5.00 Å². The molecule has 0 aromatic carbocycles. The number of thioether (sulfide) groups is 1. The first kappa shape index (κ1) is 15.7. The molecule has 2 N–H and O–H groups in total. The number of Topliss-reactive ketones (excluding diaryl/α,β-unsaturated/α-hetero) is 1. The third-order valence-corrected chi connectivity index (χ3v) is 6.34. The van der Waals surface area contributed by atoms with Gasteiger partial charge in [0.05, 0.1) is 15.5 Å². The van der Waals surface area contributed by atoms with Crippen LogP contribution >= 0.6 is 23.1 Å². The van der Waals surface area contributed by atoms with E-state index >= 15 is 0 Å². The summed E-state index contributed by atoms with van der Waals surface area (Å²) in [5, 5.41) is 1.19. The van der Waals surface area contributed by atoms with E-state index in [1.807, 2.05) is 20.1 Å². The molecule has 20 heavy (non-hydrogen) atoms. The van der Waals surface area contributed by atoms with Gasteiger partial charge in [0.15, 0.2) is 5.78 Å². The van der Waals surface area contributed by atoms with Crippen molar-refractivity contribution in [3.63, 3.8) is 0 Å². The summed E-state index contributed by atoms with van der Waals surface area (Å²) in [6.45, 7) is 10.6. The lowest BCUT2D eigenvalue weighted by Crippen LogP contribution is -2.18. The summed E-state index contributed by atoms with van der Waals surface area (Å²) in [5.41, 5.74) is 6.92. The van der Waals surface area contributed by atoms with Crippen molar-refractivity contribution in [1.29, 1.82) is 0 Å². The lowest BCUT2D eigenvalue weighted by Gasteiger charge is -2.17. The van der Waals surface area contributed by atoms with Crippen LogP contribution in [0.15, 0.2) is 4.90 Å². The van der Waals surface area contributed by atoms with Crippen molar-refractivity contribution in [3.05, 3.63) is 4.88 Å². The van der Waals surface area contributed by atoms with Gasteiger partial charge in [0.2, 0.25) is 0 Å². The SMILES string of the molecule is CSc1c(N2CC(C)C(C)C2)sc(C(=O)C(C)C)c1N. The van der Waals surface area contributed by atoms with Crippen molar-refractivity contribution < 1.29 is 4.79 Å². The van der Waals surface area contributed by atoms with Gasteiger partial charge in [0.1, 0.15) is 5.00 Å². The molecule has 0 aliphatic carbocycles. The number of thiophene rings is 1. The molecule has 112 valence electrons. The second-order valence-corrected chi connectivity index (χ2v) is 7.88. The molecule has 0 radical (unpaired) electrons. The first-order valence-corrected chi connectivity index (χ1v) is 9.16. The molecule has 1 aliphatic heterocycles. The van der Waals surface area contributed by atoms with Crippen molar-refractivity contribution in [2.24, 2.45) is 17.8 Å².